The number of carbonyl (C=O) groups excluding carboxylic acids is 1. The average Bonchev–Trinajstić information content (AvgIpc) is 2.86. The van der Waals surface area contributed by atoms with E-state index >= 15 is 0 Å². The zero-order valence-electron chi connectivity index (χ0n) is 11.4. The van der Waals surface area contributed by atoms with Crippen LogP contribution in [0.15, 0.2) is 23.1 Å². The van der Waals surface area contributed by atoms with E-state index in [-0.39, 0.29) is 21.4 Å². The van der Waals surface area contributed by atoms with Crippen molar-refractivity contribution in [3.63, 3.8) is 0 Å². The molecule has 0 aliphatic carbocycles. The summed E-state index contributed by atoms with van der Waals surface area (Å²) in [5.41, 5.74) is 0.261. The van der Waals surface area contributed by atoms with Crippen molar-refractivity contribution in [2.75, 3.05) is 26.8 Å². The Hall–Kier alpha value is -0.820. The minimum atomic E-state index is -3.98. The summed E-state index contributed by atoms with van der Waals surface area (Å²) in [4.78, 5) is 13.8. The smallest absolute Gasteiger partial charge is 0.262 e. The fourth-order valence-corrected chi connectivity index (χ4v) is 3.89. The first kappa shape index (κ1) is 16.5. The van der Waals surface area contributed by atoms with Gasteiger partial charge in [-0.1, -0.05) is 11.6 Å². The summed E-state index contributed by atoms with van der Waals surface area (Å²) in [6, 6.07) is 4.09. The number of amides is 1. The van der Waals surface area contributed by atoms with Crippen molar-refractivity contribution in [2.45, 2.75) is 11.3 Å². The molecule has 116 valence electrons. The van der Waals surface area contributed by atoms with Crippen LogP contribution in [0.1, 0.15) is 16.8 Å². The lowest BCUT2D eigenvalue weighted by Crippen LogP contribution is -2.29. The average molecular weight is 352 g/mol. The van der Waals surface area contributed by atoms with Gasteiger partial charge in [0.1, 0.15) is 4.90 Å². The minimum absolute atomic E-state index is 0.000214. The SMILES string of the molecule is COCC1CCN(C(=O)c2ccc(Cl)c(S(=O)(=O)Cl)c2)C1. The number of benzene rings is 1. The van der Waals surface area contributed by atoms with Gasteiger partial charge in [0, 0.05) is 42.4 Å². The Morgan fingerprint density at radius 1 is 1.48 bits per heavy atom. The van der Waals surface area contributed by atoms with Crippen LogP contribution in [0.25, 0.3) is 0 Å². The molecule has 0 radical (unpaired) electrons. The van der Waals surface area contributed by atoms with Gasteiger partial charge in [0.25, 0.3) is 15.0 Å². The minimum Gasteiger partial charge on any atom is -0.384 e. The fraction of sp³-hybridized carbons (Fsp3) is 0.462. The highest BCUT2D eigenvalue weighted by atomic mass is 35.7. The molecule has 1 saturated heterocycles. The highest BCUT2D eigenvalue weighted by Gasteiger charge is 2.28. The third-order valence-electron chi connectivity index (χ3n) is 3.42. The summed E-state index contributed by atoms with van der Waals surface area (Å²) >= 11 is 5.80. The van der Waals surface area contributed by atoms with Crippen LogP contribution < -0.4 is 0 Å². The van der Waals surface area contributed by atoms with Crippen molar-refractivity contribution in [1.29, 1.82) is 0 Å². The molecule has 1 atom stereocenters. The summed E-state index contributed by atoms with van der Waals surface area (Å²) in [5, 5.41) is 0.000214. The molecule has 0 N–H and O–H groups in total. The molecule has 5 nitrogen and oxygen atoms in total. The van der Waals surface area contributed by atoms with Crippen molar-refractivity contribution >= 4 is 37.2 Å². The standard InChI is InChI=1S/C13H15Cl2NO4S/c1-20-8-9-4-5-16(7-9)13(17)10-2-3-11(14)12(6-10)21(15,18)19/h2-3,6,9H,4-5,7-8H2,1H3. The van der Waals surface area contributed by atoms with Gasteiger partial charge in [-0.15, -0.1) is 0 Å². The van der Waals surface area contributed by atoms with Crippen molar-refractivity contribution in [2.24, 2.45) is 5.92 Å². The maximum Gasteiger partial charge on any atom is 0.262 e. The molecule has 1 amide bonds. The van der Waals surface area contributed by atoms with Crippen molar-refractivity contribution in [3.05, 3.63) is 28.8 Å². The van der Waals surface area contributed by atoms with Crippen LogP contribution in [-0.4, -0.2) is 46.0 Å². The summed E-state index contributed by atoms with van der Waals surface area (Å²) in [6.45, 7) is 1.82. The quantitative estimate of drug-likeness (QED) is 0.781. The number of carbonyl (C=O) groups is 1. The fourth-order valence-electron chi connectivity index (χ4n) is 2.39. The number of nitrogens with zero attached hydrogens (tertiary/aromatic N) is 1. The summed E-state index contributed by atoms with van der Waals surface area (Å²) in [6.07, 6.45) is 0.869. The molecular formula is C13H15Cl2NO4S. The van der Waals surface area contributed by atoms with E-state index in [1.807, 2.05) is 0 Å². The first-order valence-electron chi connectivity index (χ1n) is 6.35. The molecule has 1 aromatic rings. The van der Waals surface area contributed by atoms with E-state index in [2.05, 4.69) is 0 Å². The number of hydrogen-bond donors (Lipinski definition) is 0. The molecule has 1 heterocycles. The Bertz CT molecular complexity index is 648. The molecule has 0 spiro atoms. The number of methoxy groups -OCH3 is 1. The Morgan fingerprint density at radius 3 is 2.81 bits per heavy atom. The summed E-state index contributed by atoms with van der Waals surface area (Å²) < 4.78 is 27.9. The molecule has 1 unspecified atom stereocenters. The zero-order valence-corrected chi connectivity index (χ0v) is 13.7. The van der Waals surface area contributed by atoms with Gasteiger partial charge >= 0.3 is 0 Å². The van der Waals surface area contributed by atoms with Gasteiger partial charge in [-0.05, 0) is 24.6 Å². The van der Waals surface area contributed by atoms with Gasteiger partial charge in [-0.2, -0.15) is 0 Å². The molecule has 0 bridgehead atoms. The van der Waals surface area contributed by atoms with Gasteiger partial charge in [0.15, 0.2) is 0 Å². The Kier molecular flexibility index (Phi) is 5.14. The number of ether oxygens (including phenoxy) is 1. The third kappa shape index (κ3) is 3.88. The van der Waals surface area contributed by atoms with Crippen LogP contribution in [-0.2, 0) is 13.8 Å². The molecule has 1 aliphatic rings. The molecule has 1 fully saturated rings. The van der Waals surface area contributed by atoms with Crippen LogP contribution in [0, 0.1) is 5.92 Å². The normalized spacial score (nSPS) is 19.0. The Morgan fingerprint density at radius 2 is 2.19 bits per heavy atom. The molecular weight excluding hydrogens is 337 g/mol. The lowest BCUT2D eigenvalue weighted by atomic mass is 10.1. The van der Waals surface area contributed by atoms with E-state index in [0.29, 0.717) is 25.6 Å². The second kappa shape index (κ2) is 6.52. The highest BCUT2D eigenvalue weighted by Crippen LogP contribution is 2.27. The summed E-state index contributed by atoms with van der Waals surface area (Å²) in [7, 11) is 2.95. The Labute approximate surface area is 133 Å². The van der Waals surface area contributed by atoms with Crippen LogP contribution >= 0.6 is 22.3 Å². The number of rotatable bonds is 4. The van der Waals surface area contributed by atoms with Gasteiger partial charge in [0.2, 0.25) is 0 Å². The topological polar surface area (TPSA) is 63.7 Å². The molecule has 21 heavy (non-hydrogen) atoms. The molecule has 0 aromatic heterocycles. The lowest BCUT2D eigenvalue weighted by Gasteiger charge is -2.17. The summed E-state index contributed by atoms with van der Waals surface area (Å²) in [5.74, 6) is 0.0781. The number of hydrogen-bond acceptors (Lipinski definition) is 4. The van der Waals surface area contributed by atoms with Gasteiger partial charge in [-0.3, -0.25) is 4.79 Å². The molecule has 8 heteroatoms. The molecule has 0 saturated carbocycles. The second-order valence-corrected chi connectivity index (χ2v) is 7.89. The number of likely N-dealkylation sites (tertiary alicyclic amines) is 1. The maximum atomic E-state index is 12.4. The second-order valence-electron chi connectivity index (χ2n) is 4.94. The van der Waals surface area contributed by atoms with Crippen LogP contribution in [0.5, 0.6) is 0 Å². The largest absolute Gasteiger partial charge is 0.384 e. The van der Waals surface area contributed by atoms with Gasteiger partial charge < -0.3 is 9.64 Å². The Balaban J connectivity index is 2.21. The van der Waals surface area contributed by atoms with Crippen molar-refractivity contribution in [3.8, 4) is 0 Å². The maximum absolute atomic E-state index is 12.4. The monoisotopic (exact) mass is 351 g/mol. The van der Waals surface area contributed by atoms with E-state index in [9.17, 15) is 13.2 Å². The van der Waals surface area contributed by atoms with Crippen LogP contribution in [0.2, 0.25) is 5.02 Å². The van der Waals surface area contributed by atoms with Crippen molar-refractivity contribution in [1.82, 2.24) is 4.90 Å². The third-order valence-corrected chi connectivity index (χ3v) is 5.22. The van der Waals surface area contributed by atoms with Gasteiger partial charge in [-0.25, -0.2) is 8.42 Å². The zero-order chi connectivity index (χ0) is 15.6. The predicted molar refractivity (Wildman–Crippen MR) is 80.4 cm³/mol. The van der Waals surface area contributed by atoms with Crippen LogP contribution in [0.4, 0.5) is 0 Å². The van der Waals surface area contributed by atoms with E-state index in [1.54, 1.807) is 12.0 Å². The number of halogens is 2. The first-order valence-corrected chi connectivity index (χ1v) is 9.04. The predicted octanol–water partition coefficient (Wildman–Crippen LogP) is 2.38. The van der Waals surface area contributed by atoms with Crippen molar-refractivity contribution < 1.29 is 17.9 Å². The molecule has 1 aromatic carbocycles. The molecule has 1 aliphatic heterocycles. The van der Waals surface area contributed by atoms with Gasteiger partial charge in [0.05, 0.1) is 11.6 Å². The van der Waals surface area contributed by atoms with Crippen LogP contribution in [0.3, 0.4) is 0 Å². The van der Waals surface area contributed by atoms with E-state index in [4.69, 9.17) is 27.0 Å². The van der Waals surface area contributed by atoms with E-state index in [1.165, 1.54) is 18.2 Å². The molecule has 2 rings (SSSR count). The first-order chi connectivity index (χ1) is 9.82. The van der Waals surface area contributed by atoms with E-state index < -0.39 is 9.05 Å². The van der Waals surface area contributed by atoms with E-state index in [0.717, 1.165) is 6.42 Å². The lowest BCUT2D eigenvalue weighted by molar-refractivity contribution is 0.0775. The highest BCUT2D eigenvalue weighted by molar-refractivity contribution is 8.13.